The fraction of sp³-hybridized carbons (Fsp3) is 0.500. The average molecular weight is 285 g/mol. The number of amides is 1. The SMILES string of the molecule is Cc1ccc(C(=O)N2C(C)CCCC2C)c(C#CCO)c1. The van der Waals surface area contributed by atoms with Gasteiger partial charge in [-0.25, -0.2) is 0 Å². The highest BCUT2D eigenvalue weighted by atomic mass is 16.2. The van der Waals surface area contributed by atoms with Crippen molar-refractivity contribution < 1.29 is 9.90 Å². The minimum Gasteiger partial charge on any atom is -0.384 e. The lowest BCUT2D eigenvalue weighted by Gasteiger charge is -2.39. The molecule has 0 bridgehead atoms. The highest BCUT2D eigenvalue weighted by molar-refractivity contribution is 5.97. The lowest BCUT2D eigenvalue weighted by atomic mass is 9.95. The van der Waals surface area contributed by atoms with Gasteiger partial charge < -0.3 is 10.0 Å². The van der Waals surface area contributed by atoms with Gasteiger partial charge >= 0.3 is 0 Å². The zero-order valence-corrected chi connectivity index (χ0v) is 13.0. The number of likely N-dealkylation sites (tertiary alicyclic amines) is 1. The first-order valence-corrected chi connectivity index (χ1v) is 7.57. The van der Waals surface area contributed by atoms with Crippen LogP contribution < -0.4 is 0 Å². The minimum atomic E-state index is -0.196. The number of aliphatic hydroxyl groups is 1. The predicted molar refractivity (Wildman–Crippen MR) is 84.1 cm³/mol. The number of nitrogens with zero attached hydrogens (tertiary/aromatic N) is 1. The van der Waals surface area contributed by atoms with Crippen LogP contribution in [0.25, 0.3) is 0 Å². The molecule has 1 N–H and O–H groups in total. The number of hydrogen-bond donors (Lipinski definition) is 1. The van der Waals surface area contributed by atoms with Crippen molar-refractivity contribution in [1.82, 2.24) is 4.90 Å². The first-order chi connectivity index (χ1) is 10.0. The van der Waals surface area contributed by atoms with Crippen LogP contribution in [0.2, 0.25) is 0 Å². The van der Waals surface area contributed by atoms with Crippen LogP contribution in [0.1, 0.15) is 54.6 Å². The van der Waals surface area contributed by atoms with Crippen molar-refractivity contribution in [3.8, 4) is 11.8 Å². The summed E-state index contributed by atoms with van der Waals surface area (Å²) in [6.45, 7) is 6.00. The van der Waals surface area contributed by atoms with E-state index in [0.717, 1.165) is 18.4 Å². The van der Waals surface area contributed by atoms with E-state index in [0.29, 0.717) is 11.1 Å². The summed E-state index contributed by atoms with van der Waals surface area (Å²) in [5.74, 6) is 5.61. The number of piperidine rings is 1. The van der Waals surface area contributed by atoms with Crippen LogP contribution in [-0.4, -0.2) is 34.6 Å². The number of hydrogen-bond acceptors (Lipinski definition) is 2. The second kappa shape index (κ2) is 6.78. The van der Waals surface area contributed by atoms with Crippen molar-refractivity contribution in [3.63, 3.8) is 0 Å². The van der Waals surface area contributed by atoms with Gasteiger partial charge in [-0.1, -0.05) is 17.9 Å². The Morgan fingerprint density at radius 1 is 1.33 bits per heavy atom. The Morgan fingerprint density at radius 3 is 2.62 bits per heavy atom. The summed E-state index contributed by atoms with van der Waals surface area (Å²) in [4.78, 5) is 14.9. The summed E-state index contributed by atoms with van der Waals surface area (Å²) in [6.07, 6.45) is 3.29. The summed E-state index contributed by atoms with van der Waals surface area (Å²) in [7, 11) is 0. The number of aryl methyl sites for hydroxylation is 1. The standard InChI is InChI=1S/C18H23NO2/c1-13-9-10-17(16(12-13)8-5-11-20)18(21)19-14(2)6-4-7-15(19)3/h9-10,12,14-15,20H,4,6-7,11H2,1-3H3. The first kappa shape index (κ1) is 15.6. The van der Waals surface area contributed by atoms with Gasteiger partial charge in [-0.2, -0.15) is 0 Å². The molecule has 3 nitrogen and oxygen atoms in total. The molecule has 0 aromatic heterocycles. The van der Waals surface area contributed by atoms with Crippen LogP contribution in [0.15, 0.2) is 18.2 Å². The fourth-order valence-corrected chi connectivity index (χ4v) is 3.04. The second-order valence-corrected chi connectivity index (χ2v) is 5.85. The Labute approximate surface area is 127 Å². The van der Waals surface area contributed by atoms with Gasteiger partial charge in [-0.3, -0.25) is 4.79 Å². The van der Waals surface area contributed by atoms with Crippen molar-refractivity contribution in [2.45, 2.75) is 52.1 Å². The van der Waals surface area contributed by atoms with E-state index in [1.54, 1.807) is 0 Å². The first-order valence-electron chi connectivity index (χ1n) is 7.57. The number of carbonyl (C=O) groups is 1. The Kier molecular flexibility index (Phi) is 5.03. The van der Waals surface area contributed by atoms with Crippen molar-refractivity contribution >= 4 is 5.91 Å². The molecule has 1 aromatic carbocycles. The van der Waals surface area contributed by atoms with E-state index in [1.807, 2.05) is 30.0 Å². The second-order valence-electron chi connectivity index (χ2n) is 5.85. The molecule has 0 saturated carbocycles. The quantitative estimate of drug-likeness (QED) is 0.806. The van der Waals surface area contributed by atoms with Crippen molar-refractivity contribution in [3.05, 3.63) is 34.9 Å². The summed E-state index contributed by atoms with van der Waals surface area (Å²) in [6, 6.07) is 6.24. The Bertz CT molecular complexity index is 573. The van der Waals surface area contributed by atoms with Gasteiger partial charge in [0.15, 0.2) is 0 Å². The molecule has 0 aliphatic carbocycles. The normalized spacial score (nSPS) is 21.6. The molecule has 1 heterocycles. The van der Waals surface area contributed by atoms with E-state index in [2.05, 4.69) is 25.7 Å². The molecule has 2 unspecified atom stereocenters. The summed E-state index contributed by atoms with van der Waals surface area (Å²) in [5.41, 5.74) is 2.41. The molecular weight excluding hydrogens is 262 g/mol. The highest BCUT2D eigenvalue weighted by Crippen LogP contribution is 2.25. The molecule has 2 rings (SSSR count). The van der Waals surface area contributed by atoms with Crippen LogP contribution in [0.3, 0.4) is 0 Å². The predicted octanol–water partition coefficient (Wildman–Crippen LogP) is 2.74. The van der Waals surface area contributed by atoms with Gasteiger partial charge in [-0.15, -0.1) is 0 Å². The Balaban J connectivity index is 2.38. The zero-order valence-electron chi connectivity index (χ0n) is 13.0. The summed E-state index contributed by atoms with van der Waals surface area (Å²) < 4.78 is 0. The fourth-order valence-electron chi connectivity index (χ4n) is 3.04. The molecule has 1 aliphatic heterocycles. The maximum atomic E-state index is 12.9. The number of carbonyl (C=O) groups excluding carboxylic acids is 1. The van der Waals surface area contributed by atoms with Crippen LogP contribution in [0, 0.1) is 18.8 Å². The summed E-state index contributed by atoms with van der Waals surface area (Å²) in [5, 5.41) is 8.89. The molecule has 1 amide bonds. The third kappa shape index (κ3) is 3.46. The lowest BCUT2D eigenvalue weighted by molar-refractivity contribution is 0.0510. The van der Waals surface area contributed by atoms with Crippen LogP contribution >= 0.6 is 0 Å². The number of rotatable bonds is 1. The van der Waals surface area contributed by atoms with Crippen LogP contribution in [0.4, 0.5) is 0 Å². The molecule has 112 valence electrons. The molecule has 3 heteroatoms. The Hall–Kier alpha value is -1.79. The molecule has 21 heavy (non-hydrogen) atoms. The molecule has 1 fully saturated rings. The van der Waals surface area contributed by atoms with Crippen LogP contribution in [0.5, 0.6) is 0 Å². The maximum absolute atomic E-state index is 12.9. The zero-order chi connectivity index (χ0) is 15.4. The van der Waals surface area contributed by atoms with Crippen molar-refractivity contribution in [1.29, 1.82) is 0 Å². The van der Waals surface area contributed by atoms with E-state index < -0.39 is 0 Å². The van der Waals surface area contributed by atoms with E-state index >= 15 is 0 Å². The molecule has 0 radical (unpaired) electrons. The van der Waals surface area contributed by atoms with Gasteiger partial charge in [0.2, 0.25) is 0 Å². The van der Waals surface area contributed by atoms with Gasteiger partial charge in [0.1, 0.15) is 6.61 Å². The average Bonchev–Trinajstić information content (AvgIpc) is 2.44. The summed E-state index contributed by atoms with van der Waals surface area (Å²) >= 11 is 0. The molecule has 1 aromatic rings. The maximum Gasteiger partial charge on any atom is 0.255 e. The topological polar surface area (TPSA) is 40.5 Å². The molecule has 2 atom stereocenters. The van der Waals surface area contributed by atoms with E-state index in [9.17, 15) is 4.79 Å². The number of benzene rings is 1. The largest absolute Gasteiger partial charge is 0.384 e. The van der Waals surface area contributed by atoms with Gasteiger partial charge in [0.05, 0.1) is 5.56 Å². The molecule has 1 aliphatic rings. The monoisotopic (exact) mass is 285 g/mol. The molecule has 0 spiro atoms. The Morgan fingerprint density at radius 2 is 2.00 bits per heavy atom. The van der Waals surface area contributed by atoms with Gasteiger partial charge in [0, 0.05) is 17.6 Å². The third-order valence-electron chi connectivity index (χ3n) is 4.14. The highest BCUT2D eigenvalue weighted by Gasteiger charge is 2.30. The lowest BCUT2D eigenvalue weighted by Crippen LogP contribution is -2.47. The van der Waals surface area contributed by atoms with Gasteiger partial charge in [-0.05, 0) is 57.7 Å². The molecule has 1 saturated heterocycles. The smallest absolute Gasteiger partial charge is 0.255 e. The van der Waals surface area contributed by atoms with Crippen molar-refractivity contribution in [2.24, 2.45) is 0 Å². The van der Waals surface area contributed by atoms with Crippen LogP contribution in [-0.2, 0) is 0 Å². The van der Waals surface area contributed by atoms with Crippen molar-refractivity contribution in [2.75, 3.05) is 6.61 Å². The third-order valence-corrected chi connectivity index (χ3v) is 4.14. The number of aliphatic hydroxyl groups excluding tert-OH is 1. The van der Waals surface area contributed by atoms with E-state index in [-0.39, 0.29) is 24.6 Å². The molecular formula is C18H23NO2. The minimum absolute atomic E-state index is 0.0527. The van der Waals surface area contributed by atoms with E-state index in [4.69, 9.17) is 5.11 Å². The van der Waals surface area contributed by atoms with Gasteiger partial charge in [0.25, 0.3) is 5.91 Å². The van der Waals surface area contributed by atoms with E-state index in [1.165, 1.54) is 6.42 Å².